The molecule has 0 fully saturated rings. The molecule has 0 unspecified atom stereocenters. The lowest BCUT2D eigenvalue weighted by molar-refractivity contribution is 0.0953. The van der Waals surface area contributed by atoms with Crippen molar-refractivity contribution in [3.8, 4) is 5.69 Å². The van der Waals surface area contributed by atoms with Crippen LogP contribution in [0.25, 0.3) is 5.69 Å². The van der Waals surface area contributed by atoms with Crippen LogP contribution in [0.4, 0.5) is 0 Å². The Morgan fingerprint density at radius 1 is 1.27 bits per heavy atom. The maximum Gasteiger partial charge on any atom is 0.261 e. The second-order valence-electron chi connectivity index (χ2n) is 4.27. The van der Waals surface area contributed by atoms with Crippen molar-refractivity contribution in [3.05, 3.63) is 55.9 Å². The van der Waals surface area contributed by atoms with Crippen LogP contribution in [0.15, 0.2) is 40.9 Å². The number of aromatic nitrogens is 4. The predicted octanol–water partition coefficient (Wildman–Crippen LogP) is 3.07. The molecule has 2 heterocycles. The molecular weight excluding hydrogens is 390 g/mol. The SMILES string of the molecule is O=C(NCc1nnnn1-c1ccc(Br)cc1)c1ccc(Cl)s1. The van der Waals surface area contributed by atoms with Crippen molar-refractivity contribution in [2.45, 2.75) is 6.54 Å². The first-order valence-electron chi connectivity index (χ1n) is 6.20. The highest BCUT2D eigenvalue weighted by Crippen LogP contribution is 2.21. The average molecular weight is 399 g/mol. The van der Waals surface area contributed by atoms with Crippen LogP contribution in [0.2, 0.25) is 4.34 Å². The molecule has 9 heteroatoms. The zero-order valence-corrected chi connectivity index (χ0v) is 14.2. The van der Waals surface area contributed by atoms with E-state index < -0.39 is 0 Å². The van der Waals surface area contributed by atoms with E-state index in [1.54, 1.807) is 16.8 Å². The topological polar surface area (TPSA) is 72.7 Å². The summed E-state index contributed by atoms with van der Waals surface area (Å²) in [6, 6.07) is 10.9. The Morgan fingerprint density at radius 3 is 2.73 bits per heavy atom. The van der Waals surface area contributed by atoms with Gasteiger partial charge in [0.25, 0.3) is 5.91 Å². The molecule has 0 atom stereocenters. The fraction of sp³-hybridized carbons (Fsp3) is 0.0769. The van der Waals surface area contributed by atoms with E-state index in [0.717, 1.165) is 10.2 Å². The van der Waals surface area contributed by atoms with E-state index in [-0.39, 0.29) is 12.5 Å². The summed E-state index contributed by atoms with van der Waals surface area (Å²) < 4.78 is 3.12. The third-order valence-electron chi connectivity index (χ3n) is 2.81. The highest BCUT2D eigenvalue weighted by Gasteiger charge is 2.12. The van der Waals surface area contributed by atoms with Crippen molar-refractivity contribution in [1.82, 2.24) is 25.5 Å². The van der Waals surface area contributed by atoms with E-state index in [2.05, 4.69) is 36.8 Å². The number of halogens is 2. The standard InChI is InChI=1S/C13H9BrClN5OS/c14-8-1-3-9(4-2-8)20-12(17-18-19-20)7-16-13(21)10-5-6-11(15)22-10/h1-6H,7H2,(H,16,21). The van der Waals surface area contributed by atoms with E-state index in [1.165, 1.54) is 11.3 Å². The number of amides is 1. The molecule has 0 spiro atoms. The highest BCUT2D eigenvalue weighted by atomic mass is 79.9. The molecule has 0 bridgehead atoms. The Morgan fingerprint density at radius 2 is 2.05 bits per heavy atom. The molecule has 6 nitrogen and oxygen atoms in total. The van der Waals surface area contributed by atoms with Gasteiger partial charge >= 0.3 is 0 Å². The molecule has 0 saturated carbocycles. The van der Waals surface area contributed by atoms with Crippen LogP contribution in [-0.2, 0) is 6.54 Å². The summed E-state index contributed by atoms with van der Waals surface area (Å²) in [6.07, 6.45) is 0. The van der Waals surface area contributed by atoms with Crippen molar-refractivity contribution in [1.29, 1.82) is 0 Å². The summed E-state index contributed by atoms with van der Waals surface area (Å²) in [4.78, 5) is 12.6. The normalized spacial score (nSPS) is 10.6. The van der Waals surface area contributed by atoms with Crippen LogP contribution in [0.3, 0.4) is 0 Å². The minimum Gasteiger partial charge on any atom is -0.344 e. The minimum absolute atomic E-state index is 0.206. The van der Waals surface area contributed by atoms with Crippen LogP contribution in [0.5, 0.6) is 0 Å². The molecule has 1 N–H and O–H groups in total. The molecular formula is C13H9BrClN5OS. The number of benzene rings is 1. The first kappa shape index (κ1) is 15.1. The molecule has 2 aromatic heterocycles. The van der Waals surface area contributed by atoms with E-state index in [1.807, 2.05) is 24.3 Å². The monoisotopic (exact) mass is 397 g/mol. The van der Waals surface area contributed by atoms with Gasteiger partial charge < -0.3 is 5.32 Å². The van der Waals surface area contributed by atoms with Gasteiger partial charge in [-0.3, -0.25) is 4.79 Å². The summed E-state index contributed by atoms with van der Waals surface area (Å²) in [5, 5.41) is 14.3. The number of rotatable bonds is 4. The predicted molar refractivity (Wildman–Crippen MR) is 87.4 cm³/mol. The van der Waals surface area contributed by atoms with E-state index in [4.69, 9.17) is 11.6 Å². The summed E-state index contributed by atoms with van der Waals surface area (Å²) in [5.74, 6) is 0.334. The highest BCUT2D eigenvalue weighted by molar-refractivity contribution is 9.10. The van der Waals surface area contributed by atoms with Crippen molar-refractivity contribution in [2.75, 3.05) is 0 Å². The van der Waals surface area contributed by atoms with Crippen molar-refractivity contribution in [3.63, 3.8) is 0 Å². The molecule has 0 aliphatic rings. The largest absolute Gasteiger partial charge is 0.344 e. The van der Waals surface area contributed by atoms with Crippen LogP contribution in [0.1, 0.15) is 15.5 Å². The summed E-state index contributed by atoms with van der Waals surface area (Å²) in [5.41, 5.74) is 0.816. The van der Waals surface area contributed by atoms with Crippen LogP contribution in [-0.4, -0.2) is 26.1 Å². The zero-order chi connectivity index (χ0) is 15.5. The molecule has 3 aromatic rings. The molecule has 1 aromatic carbocycles. The minimum atomic E-state index is -0.206. The zero-order valence-electron chi connectivity index (χ0n) is 11.0. The van der Waals surface area contributed by atoms with Gasteiger partial charge in [-0.15, -0.1) is 16.4 Å². The molecule has 22 heavy (non-hydrogen) atoms. The van der Waals surface area contributed by atoms with E-state index in [9.17, 15) is 4.79 Å². The lowest BCUT2D eigenvalue weighted by atomic mass is 10.3. The average Bonchev–Trinajstić information content (AvgIpc) is 3.14. The van der Waals surface area contributed by atoms with Gasteiger partial charge in [-0.25, -0.2) is 0 Å². The fourth-order valence-electron chi connectivity index (χ4n) is 1.78. The van der Waals surface area contributed by atoms with Crippen LogP contribution in [0, 0.1) is 0 Å². The van der Waals surface area contributed by atoms with Crippen molar-refractivity contribution < 1.29 is 4.79 Å². The van der Waals surface area contributed by atoms with Crippen LogP contribution >= 0.6 is 38.9 Å². The third kappa shape index (κ3) is 3.34. The second kappa shape index (κ2) is 6.55. The summed E-state index contributed by atoms with van der Waals surface area (Å²) in [6.45, 7) is 0.220. The van der Waals surface area contributed by atoms with E-state index in [0.29, 0.717) is 15.0 Å². The smallest absolute Gasteiger partial charge is 0.261 e. The first-order valence-corrected chi connectivity index (χ1v) is 8.19. The Hall–Kier alpha value is -1.77. The number of nitrogens with one attached hydrogen (secondary N) is 1. The number of carbonyl (C=O) groups is 1. The Labute approximate surface area is 143 Å². The maximum absolute atomic E-state index is 12.0. The molecule has 0 aliphatic carbocycles. The number of hydrogen-bond acceptors (Lipinski definition) is 5. The van der Waals surface area contributed by atoms with Gasteiger partial charge in [0.2, 0.25) is 0 Å². The summed E-state index contributed by atoms with van der Waals surface area (Å²) >= 11 is 10.4. The van der Waals surface area contributed by atoms with Gasteiger partial charge in [0.15, 0.2) is 5.82 Å². The van der Waals surface area contributed by atoms with Crippen molar-refractivity contribution in [2.24, 2.45) is 0 Å². The number of thiophene rings is 1. The number of tetrazole rings is 1. The molecule has 112 valence electrons. The molecule has 0 aliphatic heterocycles. The van der Waals surface area contributed by atoms with Gasteiger partial charge in [0, 0.05) is 4.47 Å². The Kier molecular flexibility index (Phi) is 4.51. The quantitative estimate of drug-likeness (QED) is 0.733. The molecule has 3 rings (SSSR count). The van der Waals surface area contributed by atoms with Crippen LogP contribution < -0.4 is 5.32 Å². The molecule has 0 saturated heterocycles. The van der Waals surface area contributed by atoms with Gasteiger partial charge in [0.05, 0.1) is 21.4 Å². The van der Waals surface area contributed by atoms with E-state index >= 15 is 0 Å². The fourth-order valence-corrected chi connectivity index (χ4v) is 3.01. The second-order valence-corrected chi connectivity index (χ2v) is 6.90. The number of carbonyl (C=O) groups excluding carboxylic acids is 1. The van der Waals surface area contributed by atoms with Gasteiger partial charge in [0.1, 0.15) is 0 Å². The van der Waals surface area contributed by atoms with Gasteiger partial charge in [-0.05, 0) is 46.8 Å². The Balaban J connectivity index is 1.73. The lowest BCUT2D eigenvalue weighted by Gasteiger charge is -2.05. The number of nitrogens with zero attached hydrogens (tertiary/aromatic N) is 4. The number of hydrogen-bond donors (Lipinski definition) is 1. The molecule has 1 amide bonds. The van der Waals surface area contributed by atoms with Gasteiger partial charge in [-0.1, -0.05) is 27.5 Å². The maximum atomic E-state index is 12.0. The van der Waals surface area contributed by atoms with Gasteiger partial charge in [-0.2, -0.15) is 4.68 Å². The first-order chi connectivity index (χ1) is 10.6. The van der Waals surface area contributed by atoms with Crippen molar-refractivity contribution >= 4 is 44.8 Å². The summed E-state index contributed by atoms with van der Waals surface area (Å²) in [7, 11) is 0. The lowest BCUT2D eigenvalue weighted by Crippen LogP contribution is -2.23. The Bertz CT molecular complexity index is 801. The molecule has 0 radical (unpaired) electrons. The third-order valence-corrected chi connectivity index (χ3v) is 4.57.